The third kappa shape index (κ3) is 5.04. The highest BCUT2D eigenvalue weighted by Gasteiger charge is 1.98. The first kappa shape index (κ1) is 12.9. The van der Waals surface area contributed by atoms with Crippen LogP contribution in [0.25, 0.3) is 0 Å². The minimum absolute atomic E-state index is 0.585. The Labute approximate surface area is 96.8 Å². The molecule has 1 N–H and O–H groups in total. The zero-order chi connectivity index (χ0) is 11.8. The van der Waals surface area contributed by atoms with Gasteiger partial charge in [-0.25, -0.2) is 4.98 Å². The van der Waals surface area contributed by atoms with Crippen molar-refractivity contribution >= 4 is 0 Å². The van der Waals surface area contributed by atoms with Crippen molar-refractivity contribution in [2.75, 3.05) is 33.8 Å². The fourth-order valence-corrected chi connectivity index (χ4v) is 1.09. The average Bonchev–Trinajstić information content (AvgIpc) is 2.27. The number of hydrogen-bond donors (Lipinski definition) is 1. The minimum atomic E-state index is 0.585. The van der Waals surface area contributed by atoms with Crippen LogP contribution in [0.5, 0.6) is 5.88 Å². The van der Waals surface area contributed by atoms with Gasteiger partial charge in [0.25, 0.3) is 0 Å². The summed E-state index contributed by atoms with van der Waals surface area (Å²) < 4.78 is 5.44. The van der Waals surface area contributed by atoms with Gasteiger partial charge in [0.2, 0.25) is 5.88 Å². The molecule has 1 rings (SSSR count). The number of nitrogens with one attached hydrogen (secondary N) is 1. The van der Waals surface area contributed by atoms with Crippen molar-refractivity contribution in [3.05, 3.63) is 18.1 Å². The van der Waals surface area contributed by atoms with Gasteiger partial charge in [0.1, 0.15) is 6.61 Å². The lowest BCUT2D eigenvalue weighted by Crippen LogP contribution is -2.19. The van der Waals surface area contributed by atoms with Crippen LogP contribution in [0.15, 0.2) is 12.4 Å². The molecule has 1 heterocycles. The summed E-state index contributed by atoms with van der Waals surface area (Å²) in [6.07, 6.45) is 3.41. The van der Waals surface area contributed by atoms with Crippen LogP contribution in [0.2, 0.25) is 0 Å². The second-order valence-electron chi connectivity index (χ2n) is 3.78. The quantitative estimate of drug-likeness (QED) is 0.732. The van der Waals surface area contributed by atoms with Gasteiger partial charge in [-0.1, -0.05) is 6.92 Å². The molecule has 0 aliphatic rings. The van der Waals surface area contributed by atoms with Gasteiger partial charge in [0.15, 0.2) is 0 Å². The molecule has 0 aromatic carbocycles. The first-order valence-corrected chi connectivity index (χ1v) is 5.51. The topological polar surface area (TPSA) is 50.3 Å². The normalized spacial score (nSPS) is 10.8. The summed E-state index contributed by atoms with van der Waals surface area (Å²) in [6, 6.07) is 0. The van der Waals surface area contributed by atoms with Crippen molar-refractivity contribution in [2.24, 2.45) is 0 Å². The molecule has 5 nitrogen and oxygen atoms in total. The molecule has 0 radical (unpaired) electrons. The SMILES string of the molecule is CCNCc1cnc(OCCN(C)C)cn1. The Morgan fingerprint density at radius 1 is 1.31 bits per heavy atom. The van der Waals surface area contributed by atoms with Crippen LogP contribution >= 0.6 is 0 Å². The van der Waals surface area contributed by atoms with Crippen LogP contribution in [-0.2, 0) is 6.54 Å². The maximum atomic E-state index is 5.44. The molecule has 0 bridgehead atoms. The first-order valence-electron chi connectivity index (χ1n) is 5.51. The molecule has 0 saturated carbocycles. The second-order valence-corrected chi connectivity index (χ2v) is 3.78. The van der Waals surface area contributed by atoms with Gasteiger partial charge in [-0.05, 0) is 20.6 Å². The maximum absolute atomic E-state index is 5.44. The van der Waals surface area contributed by atoms with Crippen molar-refractivity contribution in [1.29, 1.82) is 0 Å². The van der Waals surface area contributed by atoms with E-state index < -0.39 is 0 Å². The summed E-state index contributed by atoms with van der Waals surface area (Å²) in [5.41, 5.74) is 0.932. The Morgan fingerprint density at radius 2 is 2.12 bits per heavy atom. The van der Waals surface area contributed by atoms with Gasteiger partial charge in [-0.2, -0.15) is 0 Å². The lowest BCUT2D eigenvalue weighted by atomic mass is 10.4. The third-order valence-electron chi connectivity index (χ3n) is 2.03. The van der Waals surface area contributed by atoms with Crippen LogP contribution in [0.3, 0.4) is 0 Å². The summed E-state index contributed by atoms with van der Waals surface area (Å²) in [5.74, 6) is 0.585. The number of ether oxygens (including phenoxy) is 1. The van der Waals surface area contributed by atoms with Crippen LogP contribution in [0.4, 0.5) is 0 Å². The van der Waals surface area contributed by atoms with E-state index in [-0.39, 0.29) is 0 Å². The van der Waals surface area contributed by atoms with Gasteiger partial charge in [-0.3, -0.25) is 4.98 Å². The van der Waals surface area contributed by atoms with Crippen LogP contribution in [0.1, 0.15) is 12.6 Å². The highest BCUT2D eigenvalue weighted by molar-refractivity contribution is 5.07. The summed E-state index contributed by atoms with van der Waals surface area (Å²) >= 11 is 0. The maximum Gasteiger partial charge on any atom is 0.232 e. The van der Waals surface area contributed by atoms with Gasteiger partial charge in [0, 0.05) is 13.1 Å². The average molecular weight is 224 g/mol. The monoisotopic (exact) mass is 224 g/mol. The van der Waals surface area contributed by atoms with Crippen LogP contribution in [-0.4, -0.2) is 48.7 Å². The summed E-state index contributed by atoms with van der Waals surface area (Å²) in [6.45, 7) is 5.26. The molecule has 1 aromatic rings. The number of rotatable bonds is 7. The number of likely N-dealkylation sites (N-methyl/N-ethyl adjacent to an activating group) is 1. The van der Waals surface area contributed by atoms with Crippen molar-refractivity contribution in [3.8, 4) is 5.88 Å². The van der Waals surface area contributed by atoms with Gasteiger partial charge >= 0.3 is 0 Å². The molecule has 0 spiro atoms. The molecule has 16 heavy (non-hydrogen) atoms. The van der Waals surface area contributed by atoms with Crippen molar-refractivity contribution in [3.63, 3.8) is 0 Å². The summed E-state index contributed by atoms with van der Waals surface area (Å²) in [4.78, 5) is 10.5. The number of aromatic nitrogens is 2. The highest BCUT2D eigenvalue weighted by atomic mass is 16.5. The predicted molar refractivity (Wildman–Crippen MR) is 63.5 cm³/mol. The standard InChI is InChI=1S/C11H20N4O/c1-4-12-7-10-8-14-11(9-13-10)16-6-5-15(2)3/h8-9,12H,4-7H2,1-3H3. The van der Waals surface area contributed by atoms with Gasteiger partial charge in [-0.15, -0.1) is 0 Å². The third-order valence-corrected chi connectivity index (χ3v) is 2.03. The lowest BCUT2D eigenvalue weighted by molar-refractivity contribution is 0.253. The molecule has 90 valence electrons. The van der Waals surface area contributed by atoms with Crippen molar-refractivity contribution in [1.82, 2.24) is 20.2 Å². The van der Waals surface area contributed by atoms with Gasteiger partial charge < -0.3 is 15.0 Å². The molecule has 0 fully saturated rings. The molecule has 0 unspecified atom stereocenters. The van der Waals surface area contributed by atoms with E-state index in [1.54, 1.807) is 12.4 Å². The smallest absolute Gasteiger partial charge is 0.232 e. The van der Waals surface area contributed by atoms with E-state index in [1.807, 2.05) is 14.1 Å². The van der Waals surface area contributed by atoms with E-state index in [1.165, 1.54) is 0 Å². The van der Waals surface area contributed by atoms with E-state index >= 15 is 0 Å². The first-order chi connectivity index (χ1) is 7.72. The van der Waals surface area contributed by atoms with Gasteiger partial charge in [0.05, 0.1) is 18.1 Å². The van der Waals surface area contributed by atoms with E-state index in [4.69, 9.17) is 4.74 Å². The van der Waals surface area contributed by atoms with E-state index in [0.29, 0.717) is 12.5 Å². The second kappa shape index (κ2) is 7.14. The fourth-order valence-electron chi connectivity index (χ4n) is 1.09. The molecule has 0 saturated heterocycles. The van der Waals surface area contributed by atoms with Crippen LogP contribution < -0.4 is 10.1 Å². The molecule has 1 aromatic heterocycles. The fraction of sp³-hybridized carbons (Fsp3) is 0.636. The van der Waals surface area contributed by atoms with Crippen molar-refractivity contribution < 1.29 is 4.74 Å². The zero-order valence-electron chi connectivity index (χ0n) is 10.2. The largest absolute Gasteiger partial charge is 0.475 e. The Kier molecular flexibility index (Phi) is 5.74. The molecule has 0 aliphatic carbocycles. The Morgan fingerprint density at radius 3 is 2.69 bits per heavy atom. The number of hydrogen-bond acceptors (Lipinski definition) is 5. The molecule has 0 atom stereocenters. The van der Waals surface area contributed by atoms with E-state index in [0.717, 1.165) is 25.3 Å². The summed E-state index contributed by atoms with van der Waals surface area (Å²) in [7, 11) is 4.02. The van der Waals surface area contributed by atoms with E-state index in [2.05, 4.69) is 27.1 Å². The minimum Gasteiger partial charge on any atom is -0.475 e. The Balaban J connectivity index is 2.33. The molecule has 0 amide bonds. The molecule has 0 aliphatic heterocycles. The lowest BCUT2D eigenvalue weighted by Gasteiger charge is -2.10. The molecular formula is C11H20N4O. The predicted octanol–water partition coefficient (Wildman–Crippen LogP) is 0.526. The summed E-state index contributed by atoms with van der Waals surface area (Å²) in [5, 5.41) is 3.19. The Bertz CT molecular complexity index is 287. The molecule has 5 heteroatoms. The number of nitrogens with zero attached hydrogens (tertiary/aromatic N) is 3. The van der Waals surface area contributed by atoms with Crippen LogP contribution in [0, 0.1) is 0 Å². The Hall–Kier alpha value is -1.20. The van der Waals surface area contributed by atoms with Crippen molar-refractivity contribution in [2.45, 2.75) is 13.5 Å². The molecular weight excluding hydrogens is 204 g/mol. The van der Waals surface area contributed by atoms with E-state index in [9.17, 15) is 0 Å². The highest BCUT2D eigenvalue weighted by Crippen LogP contribution is 2.03. The zero-order valence-corrected chi connectivity index (χ0v) is 10.2.